The van der Waals surface area contributed by atoms with Gasteiger partial charge in [-0.1, -0.05) is 0 Å². The van der Waals surface area contributed by atoms with Crippen molar-refractivity contribution in [3.05, 3.63) is 52.1 Å². The second-order valence-corrected chi connectivity index (χ2v) is 4.16. The normalized spacial score (nSPS) is 10.3. The van der Waals surface area contributed by atoms with Gasteiger partial charge in [-0.25, -0.2) is 9.78 Å². The molecule has 1 N–H and O–H groups in total. The average molecular weight is 291 g/mol. The second kappa shape index (κ2) is 6.04. The van der Waals surface area contributed by atoms with Crippen molar-refractivity contribution in [3.63, 3.8) is 0 Å². The Balaban J connectivity index is 2.19. The number of hydrogen-bond acceptors (Lipinski definition) is 5. The van der Waals surface area contributed by atoms with E-state index in [2.05, 4.69) is 4.98 Å². The number of nitrogens with zero attached hydrogens (tertiary/aromatic N) is 3. The molecule has 8 nitrogen and oxygen atoms in total. The van der Waals surface area contributed by atoms with Crippen LogP contribution < -0.4 is 4.74 Å². The molecule has 0 unspecified atom stereocenters. The van der Waals surface area contributed by atoms with Crippen LogP contribution in [0.15, 0.2) is 30.6 Å². The van der Waals surface area contributed by atoms with Crippen LogP contribution >= 0.6 is 0 Å². The molecular weight excluding hydrogens is 278 g/mol. The molecule has 0 saturated heterocycles. The number of hydrogen-bond donors (Lipinski definition) is 1. The molecule has 0 atom stereocenters. The third kappa shape index (κ3) is 3.16. The van der Waals surface area contributed by atoms with E-state index in [-0.39, 0.29) is 12.4 Å². The largest absolute Gasteiger partial charge is 0.486 e. The topological polar surface area (TPSA) is 107 Å². The molecular formula is C13H13N3O5. The van der Waals surface area contributed by atoms with Gasteiger partial charge in [-0.3, -0.25) is 10.1 Å². The summed E-state index contributed by atoms with van der Waals surface area (Å²) in [5.74, 6) is -0.446. The molecule has 2 aromatic rings. The molecule has 1 heterocycles. The first-order chi connectivity index (χ1) is 10.0. The van der Waals surface area contributed by atoms with E-state index in [0.29, 0.717) is 5.82 Å². The number of rotatable bonds is 6. The highest BCUT2D eigenvalue weighted by molar-refractivity contribution is 5.92. The predicted molar refractivity (Wildman–Crippen MR) is 72.3 cm³/mol. The number of nitro benzene ring substituents is 1. The lowest BCUT2D eigenvalue weighted by Crippen LogP contribution is -2.07. The van der Waals surface area contributed by atoms with Crippen LogP contribution in [0.4, 0.5) is 5.69 Å². The molecule has 21 heavy (non-hydrogen) atoms. The quantitative estimate of drug-likeness (QED) is 0.645. The molecule has 0 aliphatic rings. The van der Waals surface area contributed by atoms with Gasteiger partial charge in [-0.15, -0.1) is 0 Å². The van der Waals surface area contributed by atoms with Crippen molar-refractivity contribution in [2.75, 3.05) is 0 Å². The maximum atomic E-state index is 11.0. The molecule has 0 radical (unpaired) electrons. The van der Waals surface area contributed by atoms with Crippen molar-refractivity contribution in [1.29, 1.82) is 0 Å². The third-order valence-corrected chi connectivity index (χ3v) is 2.91. The van der Waals surface area contributed by atoms with Gasteiger partial charge in [-0.05, 0) is 13.0 Å². The number of benzene rings is 1. The van der Waals surface area contributed by atoms with Crippen molar-refractivity contribution in [2.24, 2.45) is 0 Å². The van der Waals surface area contributed by atoms with Crippen molar-refractivity contribution in [1.82, 2.24) is 9.55 Å². The SMILES string of the molecule is CCn1ccnc1COc1ccc([N+](=O)[O-])c(C(=O)O)c1. The summed E-state index contributed by atoms with van der Waals surface area (Å²) in [7, 11) is 0. The van der Waals surface area contributed by atoms with E-state index in [0.717, 1.165) is 18.7 Å². The van der Waals surface area contributed by atoms with Gasteiger partial charge >= 0.3 is 5.97 Å². The highest BCUT2D eigenvalue weighted by Crippen LogP contribution is 2.24. The van der Waals surface area contributed by atoms with Crippen molar-refractivity contribution < 1.29 is 19.6 Å². The number of aryl methyl sites for hydroxylation is 1. The van der Waals surface area contributed by atoms with Gasteiger partial charge in [0.2, 0.25) is 0 Å². The van der Waals surface area contributed by atoms with E-state index < -0.39 is 22.1 Å². The van der Waals surface area contributed by atoms with Gasteiger partial charge in [0.25, 0.3) is 5.69 Å². The first-order valence-electron chi connectivity index (χ1n) is 6.17. The zero-order valence-electron chi connectivity index (χ0n) is 11.2. The summed E-state index contributed by atoms with van der Waals surface area (Å²) in [5.41, 5.74) is -0.874. The van der Waals surface area contributed by atoms with Gasteiger partial charge in [-0.2, -0.15) is 0 Å². The first-order valence-corrected chi connectivity index (χ1v) is 6.17. The maximum absolute atomic E-state index is 11.0. The van der Waals surface area contributed by atoms with Crippen LogP contribution in [0.3, 0.4) is 0 Å². The Kier molecular flexibility index (Phi) is 4.17. The van der Waals surface area contributed by atoms with Crippen LogP contribution in [0.1, 0.15) is 23.1 Å². The van der Waals surface area contributed by atoms with Crippen LogP contribution in [-0.2, 0) is 13.2 Å². The fraction of sp³-hybridized carbons (Fsp3) is 0.231. The summed E-state index contributed by atoms with van der Waals surface area (Å²) >= 11 is 0. The summed E-state index contributed by atoms with van der Waals surface area (Å²) in [6, 6.07) is 3.62. The molecule has 0 amide bonds. The molecule has 0 spiro atoms. The lowest BCUT2D eigenvalue weighted by Gasteiger charge is -2.08. The minimum Gasteiger partial charge on any atom is -0.486 e. The van der Waals surface area contributed by atoms with Gasteiger partial charge in [0, 0.05) is 31.1 Å². The number of carboxylic acid groups (broad SMARTS) is 1. The van der Waals surface area contributed by atoms with E-state index in [4.69, 9.17) is 9.84 Å². The number of nitro groups is 1. The second-order valence-electron chi connectivity index (χ2n) is 4.16. The van der Waals surface area contributed by atoms with Crippen molar-refractivity contribution in [2.45, 2.75) is 20.1 Å². The maximum Gasteiger partial charge on any atom is 0.342 e. The van der Waals surface area contributed by atoms with E-state index in [1.807, 2.05) is 11.5 Å². The zero-order valence-corrected chi connectivity index (χ0v) is 11.2. The molecule has 110 valence electrons. The lowest BCUT2D eigenvalue weighted by atomic mass is 10.1. The fourth-order valence-corrected chi connectivity index (χ4v) is 1.85. The zero-order chi connectivity index (χ0) is 15.4. The van der Waals surface area contributed by atoms with Crippen LogP contribution in [0.2, 0.25) is 0 Å². The van der Waals surface area contributed by atoms with E-state index in [9.17, 15) is 14.9 Å². The summed E-state index contributed by atoms with van der Waals surface area (Å²) in [6.45, 7) is 2.84. The minimum atomic E-state index is -1.37. The van der Waals surface area contributed by atoms with Gasteiger partial charge < -0.3 is 14.4 Å². The highest BCUT2D eigenvalue weighted by atomic mass is 16.6. The van der Waals surface area contributed by atoms with Gasteiger partial charge in [0.15, 0.2) is 0 Å². The standard InChI is InChI=1S/C13H13N3O5/c1-2-15-6-5-14-12(15)8-21-9-3-4-11(16(19)20)10(7-9)13(17)18/h3-7H,2,8H2,1H3,(H,17,18). The first kappa shape index (κ1) is 14.5. The Morgan fingerprint density at radius 3 is 2.90 bits per heavy atom. The fourth-order valence-electron chi connectivity index (χ4n) is 1.85. The molecule has 0 fully saturated rings. The Morgan fingerprint density at radius 1 is 1.52 bits per heavy atom. The van der Waals surface area contributed by atoms with E-state index >= 15 is 0 Å². The molecule has 8 heteroatoms. The Bertz CT molecular complexity index is 680. The Labute approximate surface area is 119 Å². The molecule has 0 saturated carbocycles. The predicted octanol–water partition coefficient (Wildman–Crippen LogP) is 2.09. The number of carbonyl (C=O) groups is 1. The summed E-state index contributed by atoms with van der Waals surface area (Å²) in [5, 5.41) is 19.8. The molecule has 0 bridgehead atoms. The molecule has 1 aromatic heterocycles. The smallest absolute Gasteiger partial charge is 0.342 e. The van der Waals surface area contributed by atoms with E-state index in [1.54, 1.807) is 12.4 Å². The summed E-state index contributed by atoms with van der Waals surface area (Å²) < 4.78 is 7.33. The Hall–Kier alpha value is -2.90. The average Bonchev–Trinajstić information content (AvgIpc) is 2.92. The van der Waals surface area contributed by atoms with Crippen LogP contribution in [0.25, 0.3) is 0 Å². The third-order valence-electron chi connectivity index (χ3n) is 2.91. The highest BCUT2D eigenvalue weighted by Gasteiger charge is 2.20. The van der Waals surface area contributed by atoms with Crippen molar-refractivity contribution >= 4 is 11.7 Å². The van der Waals surface area contributed by atoms with Crippen molar-refractivity contribution in [3.8, 4) is 5.75 Å². The summed E-state index contributed by atoms with van der Waals surface area (Å²) in [6.07, 6.45) is 3.44. The number of aromatic nitrogens is 2. The Morgan fingerprint density at radius 2 is 2.29 bits per heavy atom. The lowest BCUT2D eigenvalue weighted by molar-refractivity contribution is -0.385. The van der Waals surface area contributed by atoms with Crippen LogP contribution in [-0.4, -0.2) is 25.6 Å². The number of ether oxygens (including phenoxy) is 1. The number of aromatic carboxylic acids is 1. The summed E-state index contributed by atoms with van der Waals surface area (Å²) in [4.78, 5) is 25.2. The van der Waals surface area contributed by atoms with E-state index in [1.165, 1.54) is 6.07 Å². The monoisotopic (exact) mass is 291 g/mol. The van der Waals surface area contributed by atoms with Crippen LogP contribution in [0.5, 0.6) is 5.75 Å². The minimum absolute atomic E-state index is 0.151. The molecule has 1 aromatic carbocycles. The molecule has 2 rings (SSSR count). The number of carboxylic acids is 1. The van der Waals surface area contributed by atoms with Gasteiger partial charge in [0.05, 0.1) is 4.92 Å². The molecule has 0 aliphatic carbocycles. The number of imidazole rings is 1. The van der Waals surface area contributed by atoms with Crippen LogP contribution in [0, 0.1) is 10.1 Å². The molecule has 0 aliphatic heterocycles. The van der Waals surface area contributed by atoms with Gasteiger partial charge in [0.1, 0.15) is 23.7 Å².